The lowest BCUT2D eigenvalue weighted by Gasteiger charge is -2.06. The molecule has 0 unspecified atom stereocenters. The van der Waals surface area contributed by atoms with Gasteiger partial charge in [-0.3, -0.25) is 9.59 Å². The molecule has 0 aliphatic rings. The van der Waals surface area contributed by atoms with Crippen molar-refractivity contribution in [3.05, 3.63) is 57.9 Å². The third kappa shape index (κ3) is 4.07. The zero-order chi connectivity index (χ0) is 15.9. The minimum Gasteiger partial charge on any atom is -0.352 e. The molecule has 0 atom stereocenters. The van der Waals surface area contributed by atoms with Crippen molar-refractivity contribution in [1.82, 2.24) is 10.3 Å². The van der Waals surface area contributed by atoms with Gasteiger partial charge in [-0.1, -0.05) is 49.6 Å². The van der Waals surface area contributed by atoms with Gasteiger partial charge in [0.05, 0.1) is 0 Å². The molecule has 0 saturated heterocycles. The number of benzene rings is 1. The fourth-order valence-corrected chi connectivity index (χ4v) is 2.23. The van der Waals surface area contributed by atoms with E-state index in [0.29, 0.717) is 12.2 Å². The van der Waals surface area contributed by atoms with E-state index in [4.69, 9.17) is 0 Å². The van der Waals surface area contributed by atoms with Crippen LogP contribution in [0.4, 0.5) is 0 Å². The van der Waals surface area contributed by atoms with Crippen molar-refractivity contribution in [2.45, 2.75) is 33.1 Å². The van der Waals surface area contributed by atoms with Gasteiger partial charge < -0.3 is 10.3 Å². The molecule has 2 rings (SSSR count). The van der Waals surface area contributed by atoms with Gasteiger partial charge in [-0.15, -0.1) is 0 Å². The Labute approximate surface area is 130 Å². The van der Waals surface area contributed by atoms with E-state index in [1.165, 1.54) is 0 Å². The maximum atomic E-state index is 12.1. The van der Waals surface area contributed by atoms with Crippen molar-refractivity contribution in [3.63, 3.8) is 0 Å². The summed E-state index contributed by atoms with van der Waals surface area (Å²) in [5.41, 5.74) is 2.61. The van der Waals surface area contributed by atoms with Crippen molar-refractivity contribution in [2.24, 2.45) is 0 Å². The lowest BCUT2D eigenvalue weighted by molar-refractivity contribution is 0.0951. The van der Waals surface area contributed by atoms with Gasteiger partial charge in [0, 0.05) is 12.2 Å². The molecule has 1 aromatic heterocycles. The zero-order valence-electron chi connectivity index (χ0n) is 13.1. The molecule has 22 heavy (non-hydrogen) atoms. The second-order valence-electron chi connectivity index (χ2n) is 5.44. The van der Waals surface area contributed by atoms with Crippen LogP contribution in [-0.4, -0.2) is 17.4 Å². The fourth-order valence-electron chi connectivity index (χ4n) is 2.23. The minimum atomic E-state index is -0.355. The number of hydrogen-bond acceptors (Lipinski definition) is 2. The predicted molar refractivity (Wildman–Crippen MR) is 89.1 cm³/mol. The maximum absolute atomic E-state index is 12.1. The lowest BCUT2D eigenvalue weighted by Crippen LogP contribution is -2.30. The summed E-state index contributed by atoms with van der Waals surface area (Å²) in [4.78, 5) is 26.9. The molecule has 4 heteroatoms. The summed E-state index contributed by atoms with van der Waals surface area (Å²) in [6.07, 6.45) is 3.10. The molecular weight excluding hydrogens is 276 g/mol. The summed E-state index contributed by atoms with van der Waals surface area (Å²) in [6, 6.07) is 11.2. The van der Waals surface area contributed by atoms with Crippen molar-refractivity contribution < 1.29 is 4.79 Å². The van der Waals surface area contributed by atoms with E-state index in [-0.39, 0.29) is 17.0 Å². The molecule has 0 aliphatic carbocycles. The van der Waals surface area contributed by atoms with E-state index in [0.717, 1.165) is 30.4 Å². The zero-order valence-corrected chi connectivity index (χ0v) is 13.1. The van der Waals surface area contributed by atoms with Gasteiger partial charge in [0.25, 0.3) is 11.5 Å². The summed E-state index contributed by atoms with van der Waals surface area (Å²) >= 11 is 0. The molecule has 4 nitrogen and oxygen atoms in total. The van der Waals surface area contributed by atoms with Crippen molar-refractivity contribution in [1.29, 1.82) is 0 Å². The van der Waals surface area contributed by atoms with Gasteiger partial charge in [-0.05, 0) is 31.0 Å². The van der Waals surface area contributed by atoms with Gasteiger partial charge >= 0.3 is 0 Å². The van der Waals surface area contributed by atoms with E-state index in [9.17, 15) is 9.59 Å². The molecule has 0 aliphatic heterocycles. The molecule has 0 spiro atoms. The molecule has 1 aromatic carbocycles. The third-order valence-corrected chi connectivity index (χ3v) is 3.58. The van der Waals surface area contributed by atoms with E-state index in [2.05, 4.69) is 17.2 Å². The highest BCUT2D eigenvalue weighted by molar-refractivity contribution is 5.94. The summed E-state index contributed by atoms with van der Waals surface area (Å²) < 4.78 is 0. The quantitative estimate of drug-likeness (QED) is 0.804. The summed E-state index contributed by atoms with van der Waals surface area (Å²) in [5.74, 6) is -0.312. The summed E-state index contributed by atoms with van der Waals surface area (Å²) in [6.45, 7) is 4.72. The monoisotopic (exact) mass is 298 g/mol. The molecule has 0 saturated carbocycles. The average Bonchev–Trinajstić information content (AvgIpc) is 2.52. The molecule has 2 aromatic rings. The third-order valence-electron chi connectivity index (χ3n) is 3.58. The predicted octanol–water partition coefficient (Wildman–Crippen LogP) is 3.27. The van der Waals surface area contributed by atoms with Crippen LogP contribution in [0.3, 0.4) is 0 Å². The highest BCUT2D eigenvalue weighted by Crippen LogP contribution is 2.16. The van der Waals surface area contributed by atoms with Crippen LogP contribution in [0.25, 0.3) is 11.3 Å². The molecule has 0 fully saturated rings. The first-order valence-corrected chi connectivity index (χ1v) is 7.70. The second kappa shape index (κ2) is 7.59. The number of aromatic nitrogens is 1. The van der Waals surface area contributed by atoms with Crippen LogP contribution in [0.1, 0.15) is 42.1 Å². The topological polar surface area (TPSA) is 62.0 Å². The average molecular weight is 298 g/mol. The number of carbonyl (C=O) groups excluding carboxylic acids is 1. The minimum absolute atomic E-state index is 0.160. The molecule has 1 heterocycles. The number of H-pyrrole nitrogens is 1. The van der Waals surface area contributed by atoms with Crippen LogP contribution in [0.5, 0.6) is 0 Å². The van der Waals surface area contributed by atoms with Crippen LogP contribution in [-0.2, 0) is 0 Å². The lowest BCUT2D eigenvalue weighted by atomic mass is 10.1. The Morgan fingerprint density at radius 3 is 2.45 bits per heavy atom. The number of pyridine rings is 1. The Hall–Kier alpha value is -2.36. The van der Waals surface area contributed by atoms with E-state index < -0.39 is 0 Å². The highest BCUT2D eigenvalue weighted by Gasteiger charge is 2.10. The second-order valence-corrected chi connectivity index (χ2v) is 5.44. The number of aromatic amines is 1. The van der Waals surface area contributed by atoms with Gasteiger partial charge in [-0.25, -0.2) is 0 Å². The summed E-state index contributed by atoms with van der Waals surface area (Å²) in [5, 5.41) is 2.78. The number of carbonyl (C=O) groups is 1. The van der Waals surface area contributed by atoms with E-state index in [1.54, 1.807) is 12.1 Å². The van der Waals surface area contributed by atoms with Gasteiger partial charge in [0.1, 0.15) is 5.56 Å². The first kappa shape index (κ1) is 16.0. The van der Waals surface area contributed by atoms with Gasteiger partial charge in [0.15, 0.2) is 0 Å². The number of rotatable bonds is 6. The van der Waals surface area contributed by atoms with E-state index >= 15 is 0 Å². The standard InChI is InChI=1S/C18H22N2O2/c1-3-4-5-12-19-17(21)15-10-11-16(20-18(15)22)14-8-6-13(2)7-9-14/h6-11H,3-5,12H2,1-2H3,(H,19,21)(H,20,22). The van der Waals surface area contributed by atoms with Crippen LogP contribution in [0, 0.1) is 6.92 Å². The molecule has 2 N–H and O–H groups in total. The maximum Gasteiger partial charge on any atom is 0.261 e. The number of hydrogen-bond donors (Lipinski definition) is 2. The Morgan fingerprint density at radius 1 is 1.09 bits per heavy atom. The number of unbranched alkanes of at least 4 members (excludes halogenated alkanes) is 2. The SMILES string of the molecule is CCCCCNC(=O)c1ccc(-c2ccc(C)cc2)[nH]c1=O. The Kier molecular flexibility index (Phi) is 5.53. The smallest absolute Gasteiger partial charge is 0.261 e. The first-order chi connectivity index (χ1) is 10.6. The largest absolute Gasteiger partial charge is 0.352 e. The van der Waals surface area contributed by atoms with Crippen LogP contribution < -0.4 is 10.9 Å². The van der Waals surface area contributed by atoms with Gasteiger partial charge in [-0.2, -0.15) is 0 Å². The Bertz CT molecular complexity index is 687. The van der Waals surface area contributed by atoms with Crippen LogP contribution >= 0.6 is 0 Å². The normalized spacial score (nSPS) is 10.5. The van der Waals surface area contributed by atoms with Crippen molar-refractivity contribution >= 4 is 5.91 Å². The van der Waals surface area contributed by atoms with Crippen molar-refractivity contribution in [2.75, 3.05) is 6.54 Å². The fraction of sp³-hybridized carbons (Fsp3) is 0.333. The Balaban J connectivity index is 2.11. The Morgan fingerprint density at radius 2 is 1.82 bits per heavy atom. The molecular formula is C18H22N2O2. The van der Waals surface area contributed by atoms with E-state index in [1.807, 2.05) is 31.2 Å². The van der Waals surface area contributed by atoms with Crippen molar-refractivity contribution in [3.8, 4) is 11.3 Å². The molecule has 0 radical (unpaired) electrons. The number of amides is 1. The van der Waals surface area contributed by atoms with Crippen LogP contribution in [0.15, 0.2) is 41.2 Å². The molecule has 116 valence electrons. The first-order valence-electron chi connectivity index (χ1n) is 7.70. The van der Waals surface area contributed by atoms with Crippen LogP contribution in [0.2, 0.25) is 0 Å². The molecule has 1 amide bonds. The highest BCUT2D eigenvalue weighted by atomic mass is 16.2. The summed E-state index contributed by atoms with van der Waals surface area (Å²) in [7, 11) is 0. The number of nitrogens with one attached hydrogen (secondary N) is 2. The van der Waals surface area contributed by atoms with Gasteiger partial charge in [0.2, 0.25) is 0 Å². The molecule has 0 bridgehead atoms. The number of aryl methyl sites for hydroxylation is 1.